The van der Waals surface area contributed by atoms with Crippen molar-refractivity contribution >= 4 is 39.0 Å². The Bertz CT molecular complexity index is 957. The van der Waals surface area contributed by atoms with E-state index >= 15 is 0 Å². The highest BCUT2D eigenvalue weighted by atomic mass is 32.2. The molecule has 0 unspecified atom stereocenters. The third kappa shape index (κ3) is 2.19. The van der Waals surface area contributed by atoms with Gasteiger partial charge >= 0.3 is 0 Å². The van der Waals surface area contributed by atoms with E-state index in [1.807, 2.05) is 16.8 Å². The minimum atomic E-state index is 0.876. The lowest BCUT2D eigenvalue weighted by Gasteiger charge is -2.01. The number of aromatic nitrogens is 4. The van der Waals surface area contributed by atoms with Gasteiger partial charge in [-0.05, 0) is 25.0 Å². The SMILES string of the molecule is Cc1sc2ncn3c(SCc4ccccc4)nnc3c2c1C. The third-order valence-corrected chi connectivity index (χ3v) is 5.89. The molecule has 0 bridgehead atoms. The van der Waals surface area contributed by atoms with Gasteiger partial charge in [0.25, 0.3) is 0 Å². The summed E-state index contributed by atoms with van der Waals surface area (Å²) >= 11 is 3.40. The highest BCUT2D eigenvalue weighted by Gasteiger charge is 2.15. The van der Waals surface area contributed by atoms with Gasteiger partial charge in [0, 0.05) is 10.6 Å². The van der Waals surface area contributed by atoms with E-state index in [4.69, 9.17) is 0 Å². The fourth-order valence-electron chi connectivity index (χ4n) is 2.45. The van der Waals surface area contributed by atoms with Crippen molar-refractivity contribution in [2.45, 2.75) is 24.8 Å². The number of rotatable bonds is 3. The van der Waals surface area contributed by atoms with E-state index in [2.05, 4.69) is 53.3 Å². The maximum absolute atomic E-state index is 4.57. The van der Waals surface area contributed by atoms with E-state index in [9.17, 15) is 0 Å². The van der Waals surface area contributed by atoms with Gasteiger partial charge in [-0.15, -0.1) is 21.5 Å². The predicted octanol–water partition coefficient (Wildman–Crippen LogP) is 4.25. The average molecular weight is 326 g/mol. The first-order valence-corrected chi connectivity index (χ1v) is 8.80. The molecule has 0 saturated heterocycles. The summed E-state index contributed by atoms with van der Waals surface area (Å²) in [6.07, 6.45) is 1.83. The van der Waals surface area contributed by atoms with Gasteiger partial charge in [-0.2, -0.15) is 0 Å². The monoisotopic (exact) mass is 326 g/mol. The Kier molecular flexibility index (Phi) is 3.35. The molecule has 4 rings (SSSR count). The van der Waals surface area contributed by atoms with Crippen LogP contribution in [0.2, 0.25) is 0 Å². The van der Waals surface area contributed by atoms with Gasteiger partial charge in [-0.25, -0.2) is 4.98 Å². The quantitative estimate of drug-likeness (QED) is 0.528. The standard InChI is InChI=1S/C16H14N4S2/c1-10-11(2)22-15-13(10)14-18-19-16(20(14)9-17-15)21-8-12-6-4-3-5-7-12/h3-7,9H,8H2,1-2H3. The Morgan fingerprint density at radius 2 is 1.95 bits per heavy atom. The number of thioether (sulfide) groups is 1. The van der Waals surface area contributed by atoms with Crippen molar-refractivity contribution in [1.82, 2.24) is 19.6 Å². The highest BCUT2D eigenvalue weighted by molar-refractivity contribution is 7.98. The number of aryl methyl sites for hydroxylation is 2. The Balaban J connectivity index is 1.75. The van der Waals surface area contributed by atoms with Crippen LogP contribution < -0.4 is 0 Å². The molecular formula is C16H14N4S2. The zero-order valence-corrected chi connectivity index (χ0v) is 13.9. The third-order valence-electron chi connectivity index (χ3n) is 3.76. The van der Waals surface area contributed by atoms with Crippen LogP contribution >= 0.6 is 23.1 Å². The summed E-state index contributed by atoms with van der Waals surface area (Å²) in [5, 5.41) is 10.8. The van der Waals surface area contributed by atoms with Crippen molar-refractivity contribution in [1.29, 1.82) is 0 Å². The van der Waals surface area contributed by atoms with E-state index in [1.54, 1.807) is 23.1 Å². The lowest BCUT2D eigenvalue weighted by atomic mass is 10.2. The number of nitrogens with zero attached hydrogens (tertiary/aromatic N) is 4. The number of hydrogen-bond acceptors (Lipinski definition) is 5. The summed E-state index contributed by atoms with van der Waals surface area (Å²) in [6, 6.07) is 10.4. The summed E-state index contributed by atoms with van der Waals surface area (Å²) in [5.41, 5.74) is 3.44. The molecule has 22 heavy (non-hydrogen) atoms. The van der Waals surface area contributed by atoms with Crippen molar-refractivity contribution in [3.63, 3.8) is 0 Å². The van der Waals surface area contributed by atoms with Crippen LogP contribution in [0.3, 0.4) is 0 Å². The van der Waals surface area contributed by atoms with Gasteiger partial charge in [0.05, 0.1) is 5.39 Å². The van der Waals surface area contributed by atoms with E-state index in [0.29, 0.717) is 0 Å². The summed E-state index contributed by atoms with van der Waals surface area (Å²) in [6.45, 7) is 4.25. The van der Waals surface area contributed by atoms with Gasteiger partial charge in [0.1, 0.15) is 11.2 Å². The largest absolute Gasteiger partial charge is 0.260 e. The van der Waals surface area contributed by atoms with Gasteiger partial charge in [0.15, 0.2) is 10.8 Å². The maximum Gasteiger partial charge on any atom is 0.197 e. The number of benzene rings is 1. The highest BCUT2D eigenvalue weighted by Crippen LogP contribution is 2.32. The number of fused-ring (bicyclic) bond motifs is 3. The molecule has 0 fully saturated rings. The van der Waals surface area contributed by atoms with Crippen LogP contribution in [-0.4, -0.2) is 19.6 Å². The molecule has 0 spiro atoms. The molecular weight excluding hydrogens is 312 g/mol. The van der Waals surface area contributed by atoms with Gasteiger partial charge in [0.2, 0.25) is 0 Å². The van der Waals surface area contributed by atoms with E-state index < -0.39 is 0 Å². The maximum atomic E-state index is 4.57. The molecule has 0 aliphatic carbocycles. The van der Waals surface area contributed by atoms with Crippen LogP contribution in [0.5, 0.6) is 0 Å². The van der Waals surface area contributed by atoms with Gasteiger partial charge in [-0.1, -0.05) is 42.1 Å². The summed E-state index contributed by atoms with van der Waals surface area (Å²) in [5.74, 6) is 0.876. The van der Waals surface area contributed by atoms with Gasteiger partial charge < -0.3 is 0 Å². The van der Waals surface area contributed by atoms with Crippen LogP contribution in [-0.2, 0) is 5.75 Å². The molecule has 0 atom stereocenters. The zero-order chi connectivity index (χ0) is 15.1. The number of thiophene rings is 1. The Morgan fingerprint density at radius 3 is 2.77 bits per heavy atom. The van der Waals surface area contributed by atoms with E-state index in [0.717, 1.165) is 26.8 Å². The summed E-state index contributed by atoms with van der Waals surface area (Å²) in [4.78, 5) is 6.89. The topological polar surface area (TPSA) is 43.1 Å². The average Bonchev–Trinajstić information content (AvgIpc) is 3.08. The Labute approximate surface area is 136 Å². The summed E-state index contributed by atoms with van der Waals surface area (Å²) in [7, 11) is 0. The second-order valence-corrected chi connectivity index (χ2v) is 7.30. The van der Waals surface area contributed by atoms with Gasteiger partial charge in [-0.3, -0.25) is 4.40 Å². The molecule has 4 aromatic rings. The minimum absolute atomic E-state index is 0.876. The van der Waals surface area contributed by atoms with Crippen LogP contribution in [0, 0.1) is 13.8 Å². The normalized spacial score (nSPS) is 11.5. The van der Waals surface area contributed by atoms with Crippen molar-refractivity contribution < 1.29 is 0 Å². The molecule has 110 valence electrons. The molecule has 6 heteroatoms. The Hall–Kier alpha value is -1.92. The van der Waals surface area contributed by atoms with Crippen molar-refractivity contribution in [2.75, 3.05) is 0 Å². The van der Waals surface area contributed by atoms with Crippen molar-refractivity contribution in [2.24, 2.45) is 0 Å². The summed E-state index contributed by atoms with van der Waals surface area (Å²) < 4.78 is 2.00. The molecule has 3 heterocycles. The van der Waals surface area contributed by atoms with Crippen LogP contribution in [0.15, 0.2) is 41.8 Å². The molecule has 0 N–H and O–H groups in total. The second kappa shape index (κ2) is 5.37. The lowest BCUT2D eigenvalue weighted by molar-refractivity contribution is 0.907. The van der Waals surface area contributed by atoms with Crippen molar-refractivity contribution in [3.8, 4) is 0 Å². The van der Waals surface area contributed by atoms with Crippen LogP contribution in [0.4, 0.5) is 0 Å². The molecule has 3 aromatic heterocycles. The smallest absolute Gasteiger partial charge is 0.197 e. The zero-order valence-electron chi connectivity index (χ0n) is 12.3. The van der Waals surface area contributed by atoms with Crippen LogP contribution in [0.25, 0.3) is 15.9 Å². The molecule has 0 aliphatic heterocycles. The van der Waals surface area contributed by atoms with E-state index in [-0.39, 0.29) is 0 Å². The number of hydrogen-bond donors (Lipinski definition) is 0. The fraction of sp³-hybridized carbons (Fsp3) is 0.188. The first-order chi connectivity index (χ1) is 10.7. The first-order valence-electron chi connectivity index (χ1n) is 7.00. The molecule has 0 amide bonds. The van der Waals surface area contributed by atoms with E-state index in [1.165, 1.54) is 16.0 Å². The first kappa shape index (κ1) is 13.7. The lowest BCUT2D eigenvalue weighted by Crippen LogP contribution is -1.91. The molecule has 4 nitrogen and oxygen atoms in total. The second-order valence-electron chi connectivity index (χ2n) is 5.16. The fourth-order valence-corrected chi connectivity index (χ4v) is 4.30. The Morgan fingerprint density at radius 1 is 1.14 bits per heavy atom. The minimum Gasteiger partial charge on any atom is -0.260 e. The molecule has 0 aliphatic rings. The molecule has 0 radical (unpaired) electrons. The van der Waals surface area contributed by atoms with Crippen molar-refractivity contribution in [3.05, 3.63) is 52.7 Å². The predicted molar refractivity (Wildman–Crippen MR) is 91.6 cm³/mol. The van der Waals surface area contributed by atoms with Crippen LogP contribution in [0.1, 0.15) is 16.0 Å². The molecule has 1 aromatic carbocycles. The molecule has 0 saturated carbocycles.